The molecule has 0 saturated heterocycles. The highest BCUT2D eigenvalue weighted by Gasteiger charge is 2.13. The van der Waals surface area contributed by atoms with Gasteiger partial charge in [-0.15, -0.1) is 0 Å². The maximum absolute atomic E-state index is 12.2. The van der Waals surface area contributed by atoms with Crippen molar-refractivity contribution in [3.63, 3.8) is 0 Å². The Balaban J connectivity index is 2.33. The molecule has 0 bridgehead atoms. The van der Waals surface area contributed by atoms with Crippen molar-refractivity contribution in [2.75, 3.05) is 11.1 Å². The first-order valence-electron chi connectivity index (χ1n) is 5.89. The van der Waals surface area contributed by atoms with E-state index in [2.05, 4.69) is 5.32 Å². The van der Waals surface area contributed by atoms with Crippen LogP contribution in [-0.2, 0) is 0 Å². The van der Waals surface area contributed by atoms with Gasteiger partial charge in [0, 0.05) is 5.69 Å². The molecular weight excluding hydrogens is 274 g/mol. The minimum absolute atomic E-state index is 0.221. The Hall–Kier alpha value is -2.51. The SMILES string of the molecule is Cc1ccc(C#N)cc1NC(=O)c1cccc(N)c1Cl. The Morgan fingerprint density at radius 3 is 2.80 bits per heavy atom. The van der Waals surface area contributed by atoms with Crippen molar-refractivity contribution in [2.24, 2.45) is 0 Å². The number of rotatable bonds is 2. The average molecular weight is 286 g/mol. The lowest BCUT2D eigenvalue weighted by Crippen LogP contribution is -2.14. The average Bonchev–Trinajstić information content (AvgIpc) is 2.44. The van der Waals surface area contributed by atoms with Crippen molar-refractivity contribution in [1.82, 2.24) is 0 Å². The van der Waals surface area contributed by atoms with Crippen molar-refractivity contribution >= 4 is 28.9 Å². The zero-order valence-electron chi connectivity index (χ0n) is 10.8. The van der Waals surface area contributed by atoms with Gasteiger partial charge in [0.2, 0.25) is 0 Å². The standard InChI is InChI=1S/C15H12ClN3O/c1-9-5-6-10(8-17)7-13(9)19-15(20)11-3-2-4-12(18)14(11)16/h2-7H,18H2,1H3,(H,19,20). The summed E-state index contributed by atoms with van der Waals surface area (Å²) in [5.74, 6) is -0.361. The van der Waals surface area contributed by atoms with Gasteiger partial charge in [0.05, 0.1) is 27.9 Å². The van der Waals surface area contributed by atoms with Crippen molar-refractivity contribution < 1.29 is 4.79 Å². The number of anilines is 2. The van der Waals surface area contributed by atoms with Gasteiger partial charge in [-0.1, -0.05) is 23.7 Å². The van der Waals surface area contributed by atoms with Crippen LogP contribution in [0.5, 0.6) is 0 Å². The van der Waals surface area contributed by atoms with Crippen LogP contribution in [0.2, 0.25) is 5.02 Å². The highest BCUT2D eigenvalue weighted by Crippen LogP contribution is 2.25. The largest absolute Gasteiger partial charge is 0.398 e. The molecule has 3 N–H and O–H groups in total. The third-order valence-electron chi connectivity index (χ3n) is 2.89. The van der Waals surface area contributed by atoms with E-state index in [0.717, 1.165) is 5.56 Å². The van der Waals surface area contributed by atoms with E-state index in [4.69, 9.17) is 22.6 Å². The number of carbonyl (C=O) groups excluding carboxylic acids is 1. The van der Waals surface area contributed by atoms with Gasteiger partial charge < -0.3 is 11.1 Å². The second-order valence-electron chi connectivity index (χ2n) is 4.30. The number of amides is 1. The van der Waals surface area contributed by atoms with Crippen LogP contribution < -0.4 is 11.1 Å². The zero-order valence-corrected chi connectivity index (χ0v) is 11.5. The normalized spacial score (nSPS) is 9.85. The molecule has 1 amide bonds. The van der Waals surface area contributed by atoms with Crippen LogP contribution in [0.3, 0.4) is 0 Å². The Morgan fingerprint density at radius 1 is 1.35 bits per heavy atom. The molecule has 2 rings (SSSR count). The number of halogens is 1. The van der Waals surface area contributed by atoms with Crippen molar-refractivity contribution in [2.45, 2.75) is 6.92 Å². The van der Waals surface area contributed by atoms with Crippen LogP contribution in [0.4, 0.5) is 11.4 Å². The summed E-state index contributed by atoms with van der Waals surface area (Å²) in [5, 5.41) is 11.8. The lowest BCUT2D eigenvalue weighted by molar-refractivity contribution is 0.102. The van der Waals surface area contributed by atoms with E-state index in [1.807, 2.05) is 13.0 Å². The van der Waals surface area contributed by atoms with Gasteiger partial charge in [-0.05, 0) is 36.8 Å². The summed E-state index contributed by atoms with van der Waals surface area (Å²) < 4.78 is 0. The molecule has 0 unspecified atom stereocenters. The molecule has 20 heavy (non-hydrogen) atoms. The number of nitriles is 1. The fourth-order valence-corrected chi connectivity index (χ4v) is 1.95. The molecule has 0 saturated carbocycles. The van der Waals surface area contributed by atoms with E-state index in [1.54, 1.807) is 36.4 Å². The molecule has 0 heterocycles. The van der Waals surface area contributed by atoms with Gasteiger partial charge in [0.15, 0.2) is 0 Å². The Kier molecular flexibility index (Phi) is 3.92. The van der Waals surface area contributed by atoms with Crippen LogP contribution in [0.1, 0.15) is 21.5 Å². The number of nitrogens with zero attached hydrogens (tertiary/aromatic N) is 1. The maximum Gasteiger partial charge on any atom is 0.257 e. The number of hydrogen-bond acceptors (Lipinski definition) is 3. The second-order valence-corrected chi connectivity index (χ2v) is 4.68. The van der Waals surface area contributed by atoms with E-state index in [9.17, 15) is 4.79 Å². The van der Waals surface area contributed by atoms with Gasteiger partial charge in [-0.2, -0.15) is 5.26 Å². The second kappa shape index (κ2) is 5.64. The fourth-order valence-electron chi connectivity index (χ4n) is 1.74. The van der Waals surface area contributed by atoms with Gasteiger partial charge in [0.1, 0.15) is 0 Å². The first-order valence-corrected chi connectivity index (χ1v) is 6.27. The molecule has 0 radical (unpaired) electrons. The summed E-state index contributed by atoms with van der Waals surface area (Å²) in [6.07, 6.45) is 0. The molecule has 0 aliphatic rings. The van der Waals surface area contributed by atoms with Crippen LogP contribution in [0, 0.1) is 18.3 Å². The van der Waals surface area contributed by atoms with Crippen molar-refractivity contribution in [3.05, 3.63) is 58.1 Å². The Bertz CT molecular complexity index is 720. The summed E-state index contributed by atoms with van der Waals surface area (Å²) in [5.41, 5.74) is 8.23. The summed E-state index contributed by atoms with van der Waals surface area (Å²) in [6.45, 7) is 1.84. The molecule has 5 heteroatoms. The van der Waals surface area contributed by atoms with Crippen molar-refractivity contribution in [1.29, 1.82) is 5.26 Å². The molecule has 0 spiro atoms. The lowest BCUT2D eigenvalue weighted by Gasteiger charge is -2.10. The fraction of sp³-hybridized carbons (Fsp3) is 0.0667. The lowest BCUT2D eigenvalue weighted by atomic mass is 10.1. The zero-order chi connectivity index (χ0) is 14.7. The Morgan fingerprint density at radius 2 is 2.10 bits per heavy atom. The summed E-state index contributed by atoms with van der Waals surface area (Å²) >= 11 is 6.01. The molecule has 100 valence electrons. The number of aryl methyl sites for hydroxylation is 1. The third-order valence-corrected chi connectivity index (χ3v) is 3.31. The van der Waals surface area contributed by atoms with E-state index in [-0.39, 0.29) is 10.9 Å². The number of carbonyl (C=O) groups is 1. The number of nitrogens with two attached hydrogens (primary N) is 1. The molecule has 0 aromatic heterocycles. The minimum atomic E-state index is -0.361. The van der Waals surface area contributed by atoms with Crippen LogP contribution in [0.25, 0.3) is 0 Å². The number of hydrogen-bond donors (Lipinski definition) is 2. The topological polar surface area (TPSA) is 78.9 Å². The predicted molar refractivity (Wildman–Crippen MR) is 79.7 cm³/mol. The van der Waals surface area contributed by atoms with E-state index >= 15 is 0 Å². The number of nitrogens with one attached hydrogen (secondary N) is 1. The van der Waals surface area contributed by atoms with Crippen LogP contribution in [0.15, 0.2) is 36.4 Å². The van der Waals surface area contributed by atoms with Crippen LogP contribution in [-0.4, -0.2) is 5.91 Å². The summed E-state index contributed by atoms with van der Waals surface area (Å²) in [7, 11) is 0. The smallest absolute Gasteiger partial charge is 0.257 e. The first-order chi connectivity index (χ1) is 9.52. The summed E-state index contributed by atoms with van der Waals surface area (Å²) in [4.78, 5) is 12.2. The molecule has 2 aromatic carbocycles. The molecule has 0 fully saturated rings. The molecular formula is C15H12ClN3O. The number of benzene rings is 2. The molecule has 0 aliphatic heterocycles. The Labute approximate surface area is 121 Å². The van der Waals surface area contributed by atoms with Gasteiger partial charge in [0.25, 0.3) is 5.91 Å². The first kappa shape index (κ1) is 13.9. The van der Waals surface area contributed by atoms with E-state index in [0.29, 0.717) is 22.5 Å². The van der Waals surface area contributed by atoms with Crippen molar-refractivity contribution in [3.8, 4) is 6.07 Å². The summed E-state index contributed by atoms with van der Waals surface area (Å²) in [6, 6.07) is 12.0. The quantitative estimate of drug-likeness (QED) is 0.831. The molecule has 0 atom stereocenters. The van der Waals surface area contributed by atoms with Gasteiger partial charge >= 0.3 is 0 Å². The highest BCUT2D eigenvalue weighted by molar-refractivity contribution is 6.36. The predicted octanol–water partition coefficient (Wildman–Crippen LogP) is 3.35. The number of nitrogen functional groups attached to an aromatic ring is 1. The van der Waals surface area contributed by atoms with Gasteiger partial charge in [-0.3, -0.25) is 4.79 Å². The third kappa shape index (κ3) is 2.73. The van der Waals surface area contributed by atoms with E-state index in [1.165, 1.54) is 0 Å². The maximum atomic E-state index is 12.2. The molecule has 0 aliphatic carbocycles. The molecule has 4 nitrogen and oxygen atoms in total. The van der Waals surface area contributed by atoms with Crippen LogP contribution >= 0.6 is 11.6 Å². The monoisotopic (exact) mass is 285 g/mol. The highest BCUT2D eigenvalue weighted by atomic mass is 35.5. The minimum Gasteiger partial charge on any atom is -0.398 e. The van der Waals surface area contributed by atoms with Gasteiger partial charge in [-0.25, -0.2) is 0 Å². The van der Waals surface area contributed by atoms with E-state index < -0.39 is 0 Å². The molecule has 2 aromatic rings.